The van der Waals surface area contributed by atoms with Crippen LogP contribution in [0, 0.1) is 30.6 Å². The predicted octanol–water partition coefficient (Wildman–Crippen LogP) is 4.09. The molecule has 18 heavy (non-hydrogen) atoms. The Kier molecular flexibility index (Phi) is 3.35. The normalized spacial score (nSPS) is 23.1. The van der Waals surface area contributed by atoms with E-state index in [1.807, 2.05) is 0 Å². The first-order valence-electron chi connectivity index (χ1n) is 6.85. The van der Waals surface area contributed by atoms with Gasteiger partial charge in [0.25, 0.3) is 0 Å². The second kappa shape index (κ2) is 4.31. The van der Waals surface area contributed by atoms with Crippen molar-refractivity contribution in [3.63, 3.8) is 0 Å². The summed E-state index contributed by atoms with van der Waals surface area (Å²) >= 11 is 1.80. The molecule has 0 saturated heterocycles. The van der Waals surface area contributed by atoms with Gasteiger partial charge in [0.05, 0.1) is 10.7 Å². The molecule has 1 N–H and O–H groups in total. The molecule has 1 heterocycles. The van der Waals surface area contributed by atoms with Gasteiger partial charge in [0.1, 0.15) is 0 Å². The van der Waals surface area contributed by atoms with Crippen LogP contribution in [0.15, 0.2) is 0 Å². The van der Waals surface area contributed by atoms with Gasteiger partial charge in [-0.2, -0.15) is 0 Å². The largest absolute Gasteiger partial charge is 0.309 e. The van der Waals surface area contributed by atoms with Gasteiger partial charge in [-0.1, -0.05) is 27.7 Å². The van der Waals surface area contributed by atoms with Gasteiger partial charge in [-0.15, -0.1) is 11.3 Å². The van der Waals surface area contributed by atoms with Gasteiger partial charge < -0.3 is 5.32 Å². The third kappa shape index (κ3) is 2.12. The fourth-order valence-electron chi connectivity index (χ4n) is 3.18. The van der Waals surface area contributed by atoms with Gasteiger partial charge in [-0.05, 0) is 44.1 Å². The minimum atomic E-state index is 0.363. The molecule has 1 saturated carbocycles. The summed E-state index contributed by atoms with van der Waals surface area (Å²) in [5, 5.41) is 4.84. The van der Waals surface area contributed by atoms with E-state index in [0.29, 0.717) is 16.9 Å². The van der Waals surface area contributed by atoms with Crippen LogP contribution in [0.5, 0.6) is 0 Å². The summed E-state index contributed by atoms with van der Waals surface area (Å²) in [6.07, 6.45) is 0. The number of aromatic nitrogens is 1. The first-order valence-corrected chi connectivity index (χ1v) is 7.67. The molecule has 1 aromatic heterocycles. The molecule has 3 heteroatoms. The first-order chi connectivity index (χ1) is 8.18. The van der Waals surface area contributed by atoms with Crippen molar-refractivity contribution in [1.29, 1.82) is 0 Å². The molecule has 1 aromatic rings. The monoisotopic (exact) mass is 266 g/mol. The van der Waals surface area contributed by atoms with Crippen molar-refractivity contribution in [3.8, 4) is 0 Å². The van der Waals surface area contributed by atoms with Gasteiger partial charge in [0.15, 0.2) is 0 Å². The second-order valence-corrected chi connectivity index (χ2v) is 8.21. The fourth-order valence-corrected chi connectivity index (χ4v) is 4.10. The molecule has 2 nitrogen and oxygen atoms in total. The number of nitrogens with one attached hydrogen (secondary N) is 1. The number of nitrogens with zero attached hydrogens (tertiary/aromatic N) is 1. The Bertz CT molecular complexity index is 431. The highest BCUT2D eigenvalue weighted by atomic mass is 32.1. The van der Waals surface area contributed by atoms with Crippen LogP contribution in [0.2, 0.25) is 0 Å². The van der Waals surface area contributed by atoms with Gasteiger partial charge in [-0.25, -0.2) is 4.98 Å². The molecule has 0 aromatic carbocycles. The predicted molar refractivity (Wildman–Crippen MR) is 79.1 cm³/mol. The summed E-state index contributed by atoms with van der Waals surface area (Å²) in [6, 6.07) is 0.363. The zero-order valence-corrected chi connectivity index (χ0v) is 13.5. The van der Waals surface area contributed by atoms with Crippen LogP contribution < -0.4 is 5.32 Å². The summed E-state index contributed by atoms with van der Waals surface area (Å²) < 4.78 is 0. The Morgan fingerprint density at radius 1 is 1.22 bits per heavy atom. The van der Waals surface area contributed by atoms with E-state index in [9.17, 15) is 0 Å². The molecule has 0 radical (unpaired) electrons. The average Bonchev–Trinajstić information content (AvgIpc) is 2.54. The van der Waals surface area contributed by atoms with E-state index in [1.165, 1.54) is 15.6 Å². The Hall–Kier alpha value is -0.410. The van der Waals surface area contributed by atoms with Crippen LogP contribution in [0.4, 0.5) is 0 Å². The van der Waals surface area contributed by atoms with Crippen molar-refractivity contribution < 1.29 is 0 Å². The fraction of sp³-hybridized carbons (Fsp3) is 0.800. The standard InChI is InChI=1S/C15H26N2S/c1-9(13-10(2)18-11(3)17-13)16-8-12-14(4,5)15(12,6)7/h9,12,16H,8H2,1-7H3. The third-order valence-corrected chi connectivity index (χ3v) is 6.20. The summed E-state index contributed by atoms with van der Waals surface area (Å²) in [5.74, 6) is 0.771. The average molecular weight is 266 g/mol. The summed E-state index contributed by atoms with van der Waals surface area (Å²) in [7, 11) is 0. The Balaban J connectivity index is 1.94. The van der Waals surface area contributed by atoms with Crippen molar-refractivity contribution >= 4 is 11.3 Å². The maximum absolute atomic E-state index is 4.64. The molecule has 1 aliphatic rings. The lowest BCUT2D eigenvalue weighted by Crippen LogP contribution is -2.23. The number of aryl methyl sites for hydroxylation is 2. The maximum atomic E-state index is 4.64. The number of rotatable bonds is 4. The number of thiazole rings is 1. The minimum absolute atomic E-state index is 0.363. The van der Waals surface area contributed by atoms with Crippen LogP contribution in [0.25, 0.3) is 0 Å². The van der Waals surface area contributed by atoms with Crippen LogP contribution in [0.3, 0.4) is 0 Å². The maximum Gasteiger partial charge on any atom is 0.0900 e. The minimum Gasteiger partial charge on any atom is -0.309 e. The van der Waals surface area contributed by atoms with Crippen LogP contribution >= 0.6 is 11.3 Å². The first kappa shape index (κ1) is 14.0. The molecule has 0 bridgehead atoms. The van der Waals surface area contributed by atoms with Gasteiger partial charge >= 0.3 is 0 Å². The summed E-state index contributed by atoms with van der Waals surface area (Å²) in [5.41, 5.74) is 2.16. The van der Waals surface area contributed by atoms with E-state index < -0.39 is 0 Å². The van der Waals surface area contributed by atoms with Gasteiger partial charge in [0, 0.05) is 10.9 Å². The number of hydrogen-bond acceptors (Lipinski definition) is 3. The van der Waals surface area contributed by atoms with Gasteiger partial charge in [-0.3, -0.25) is 0 Å². The number of hydrogen-bond donors (Lipinski definition) is 1. The molecule has 1 unspecified atom stereocenters. The molecular weight excluding hydrogens is 240 g/mol. The van der Waals surface area contributed by atoms with Crippen molar-refractivity contribution in [2.24, 2.45) is 16.7 Å². The van der Waals surface area contributed by atoms with E-state index in [4.69, 9.17) is 0 Å². The Morgan fingerprint density at radius 3 is 2.17 bits per heavy atom. The van der Waals surface area contributed by atoms with Crippen molar-refractivity contribution in [3.05, 3.63) is 15.6 Å². The molecule has 102 valence electrons. The lowest BCUT2D eigenvalue weighted by atomic mass is 10.0. The quantitative estimate of drug-likeness (QED) is 0.887. The Morgan fingerprint density at radius 2 is 1.78 bits per heavy atom. The third-order valence-electron chi connectivity index (χ3n) is 5.30. The second-order valence-electron chi connectivity index (χ2n) is 6.80. The summed E-state index contributed by atoms with van der Waals surface area (Å²) in [6.45, 7) is 17.1. The molecule has 1 atom stereocenters. The molecule has 0 spiro atoms. The van der Waals surface area contributed by atoms with E-state index in [1.54, 1.807) is 11.3 Å². The van der Waals surface area contributed by atoms with Crippen molar-refractivity contribution in [2.75, 3.05) is 6.54 Å². The Labute approximate surface area is 115 Å². The molecular formula is C15H26N2S. The van der Waals surface area contributed by atoms with E-state index >= 15 is 0 Å². The van der Waals surface area contributed by atoms with E-state index in [2.05, 4.69) is 58.8 Å². The van der Waals surface area contributed by atoms with Crippen molar-refractivity contribution in [2.45, 2.75) is 54.5 Å². The molecule has 0 aliphatic heterocycles. The lowest BCUT2D eigenvalue weighted by Gasteiger charge is -2.13. The molecule has 1 aliphatic carbocycles. The smallest absolute Gasteiger partial charge is 0.0900 e. The SMILES string of the molecule is Cc1nc(C(C)NCC2C(C)(C)C2(C)C)c(C)s1. The van der Waals surface area contributed by atoms with Crippen LogP contribution in [0.1, 0.15) is 56.2 Å². The highest BCUT2D eigenvalue weighted by Crippen LogP contribution is 2.68. The van der Waals surface area contributed by atoms with Crippen LogP contribution in [-0.2, 0) is 0 Å². The topological polar surface area (TPSA) is 24.9 Å². The lowest BCUT2D eigenvalue weighted by molar-refractivity contribution is 0.457. The van der Waals surface area contributed by atoms with Gasteiger partial charge in [0.2, 0.25) is 0 Å². The summed E-state index contributed by atoms with van der Waals surface area (Å²) in [4.78, 5) is 5.99. The molecule has 1 fully saturated rings. The molecule has 2 rings (SSSR count). The van der Waals surface area contributed by atoms with E-state index in [0.717, 1.165) is 12.5 Å². The highest BCUT2D eigenvalue weighted by Gasteiger charge is 2.63. The van der Waals surface area contributed by atoms with Crippen molar-refractivity contribution in [1.82, 2.24) is 10.3 Å². The zero-order valence-electron chi connectivity index (χ0n) is 12.7. The molecule has 0 amide bonds. The van der Waals surface area contributed by atoms with E-state index in [-0.39, 0.29) is 0 Å². The van der Waals surface area contributed by atoms with Crippen LogP contribution in [-0.4, -0.2) is 11.5 Å². The zero-order chi connectivity index (χ0) is 13.7. The highest BCUT2D eigenvalue weighted by molar-refractivity contribution is 7.11.